The predicted molar refractivity (Wildman–Crippen MR) is 73.2 cm³/mol. The summed E-state index contributed by atoms with van der Waals surface area (Å²) in [5.41, 5.74) is 1.40. The Kier molecular flexibility index (Phi) is 3.97. The molecule has 1 aliphatic heterocycles. The third kappa shape index (κ3) is 2.70. The van der Waals surface area contributed by atoms with Crippen LogP contribution in [0.15, 0.2) is 23.3 Å². The molecule has 1 unspecified atom stereocenters. The van der Waals surface area contributed by atoms with Gasteiger partial charge >= 0.3 is 0 Å². The van der Waals surface area contributed by atoms with Crippen molar-refractivity contribution in [1.82, 2.24) is 4.98 Å². The van der Waals surface area contributed by atoms with Crippen molar-refractivity contribution in [2.75, 3.05) is 13.1 Å². The van der Waals surface area contributed by atoms with E-state index in [1.54, 1.807) is 12.3 Å². The van der Waals surface area contributed by atoms with Crippen molar-refractivity contribution in [3.63, 3.8) is 0 Å². The van der Waals surface area contributed by atoms with Crippen LogP contribution in [0, 0.1) is 10.1 Å². The zero-order valence-corrected chi connectivity index (χ0v) is 11.8. The number of rotatable bonds is 3. The summed E-state index contributed by atoms with van der Waals surface area (Å²) in [5.74, 6) is 0. The molecule has 1 atom stereocenters. The van der Waals surface area contributed by atoms with Crippen molar-refractivity contribution < 1.29 is 4.92 Å². The van der Waals surface area contributed by atoms with Crippen LogP contribution in [0.1, 0.15) is 18.4 Å². The molecule has 2 heterocycles. The normalized spacial score (nSPS) is 23.6. The highest BCUT2D eigenvalue weighted by molar-refractivity contribution is 9.10. The second-order valence-electron chi connectivity index (χ2n) is 4.09. The molecule has 18 heavy (non-hydrogen) atoms. The predicted octanol–water partition coefficient (Wildman–Crippen LogP) is 2.84. The van der Waals surface area contributed by atoms with Crippen LogP contribution in [0.2, 0.25) is 5.15 Å². The molecule has 0 aliphatic carbocycles. The number of nitrogens with zero attached hydrogens (tertiary/aromatic N) is 3. The first kappa shape index (κ1) is 13.4. The molecule has 0 saturated heterocycles. The highest BCUT2D eigenvalue weighted by Gasteiger charge is 2.39. The Morgan fingerprint density at radius 1 is 1.56 bits per heavy atom. The van der Waals surface area contributed by atoms with E-state index in [9.17, 15) is 10.1 Å². The molecule has 96 valence electrons. The quantitative estimate of drug-likeness (QED) is 0.370. The summed E-state index contributed by atoms with van der Waals surface area (Å²) in [6.07, 6.45) is 3.29. The van der Waals surface area contributed by atoms with E-state index >= 15 is 0 Å². The fourth-order valence-electron chi connectivity index (χ4n) is 2.03. The molecule has 0 radical (unpaired) electrons. The van der Waals surface area contributed by atoms with E-state index in [1.165, 1.54) is 0 Å². The Balaban J connectivity index is 2.37. The van der Waals surface area contributed by atoms with Crippen molar-refractivity contribution in [2.24, 2.45) is 4.99 Å². The summed E-state index contributed by atoms with van der Waals surface area (Å²) in [4.78, 5) is 18.7. The average molecular weight is 333 g/mol. The lowest BCUT2D eigenvalue weighted by Gasteiger charge is -2.30. The summed E-state index contributed by atoms with van der Waals surface area (Å²) in [6, 6.07) is 3.50. The van der Waals surface area contributed by atoms with Gasteiger partial charge in [0.25, 0.3) is 0 Å². The lowest BCUT2D eigenvalue weighted by Crippen LogP contribution is -2.37. The Bertz CT molecular complexity index is 492. The minimum atomic E-state index is -0.587. The number of alkyl halides is 1. The van der Waals surface area contributed by atoms with E-state index in [2.05, 4.69) is 25.9 Å². The van der Waals surface area contributed by atoms with Gasteiger partial charge in [-0.05, 0) is 24.5 Å². The van der Waals surface area contributed by atoms with Gasteiger partial charge in [-0.15, -0.1) is 0 Å². The molecular weight excluding hydrogens is 321 g/mol. The summed E-state index contributed by atoms with van der Waals surface area (Å²) >= 11 is 9.36. The lowest BCUT2D eigenvalue weighted by atomic mass is 9.88. The highest BCUT2D eigenvalue weighted by atomic mass is 79.9. The first-order valence-corrected chi connectivity index (χ1v) is 6.66. The van der Waals surface area contributed by atoms with Crippen LogP contribution in [0.5, 0.6) is 0 Å². The lowest BCUT2D eigenvalue weighted by molar-refractivity contribution is -0.463. The molecule has 0 saturated carbocycles. The molecule has 1 aromatic rings. The fourth-order valence-corrected chi connectivity index (χ4v) is 2.90. The molecule has 1 aromatic heterocycles. The van der Waals surface area contributed by atoms with E-state index in [4.69, 9.17) is 11.6 Å². The largest absolute Gasteiger partial charge is 0.285 e. The number of nitro groups is 1. The molecule has 0 N–H and O–H groups in total. The maximum atomic E-state index is 10.7. The number of hydrogen-bond donors (Lipinski definition) is 0. The van der Waals surface area contributed by atoms with Crippen molar-refractivity contribution in [2.45, 2.75) is 17.2 Å². The zero-order valence-electron chi connectivity index (χ0n) is 9.47. The molecule has 1 aliphatic rings. The molecule has 0 aromatic carbocycles. The number of halogens is 2. The first-order valence-electron chi connectivity index (χ1n) is 5.49. The summed E-state index contributed by atoms with van der Waals surface area (Å²) < 4.78 is -0.587. The molecule has 0 fully saturated rings. The Morgan fingerprint density at radius 3 is 2.94 bits per heavy atom. The zero-order chi connectivity index (χ0) is 13.2. The molecule has 5 nitrogen and oxygen atoms in total. The van der Waals surface area contributed by atoms with Crippen LogP contribution in [-0.2, 0) is 4.32 Å². The molecule has 0 amide bonds. The number of hydrogen-bond acceptors (Lipinski definition) is 4. The summed E-state index contributed by atoms with van der Waals surface area (Å²) in [6.45, 7) is 0.380. The monoisotopic (exact) mass is 331 g/mol. The second-order valence-corrected chi connectivity index (χ2v) is 5.83. The van der Waals surface area contributed by atoms with E-state index < -0.39 is 4.32 Å². The van der Waals surface area contributed by atoms with Crippen molar-refractivity contribution in [3.8, 4) is 0 Å². The number of pyridine rings is 1. The summed E-state index contributed by atoms with van der Waals surface area (Å²) in [5, 5.41) is 11.1. The van der Waals surface area contributed by atoms with Crippen molar-refractivity contribution >= 4 is 33.2 Å². The van der Waals surface area contributed by atoms with E-state index in [0.717, 1.165) is 18.4 Å². The SMILES string of the molecule is O=[N+]([O-])CC1=NCCCC1(Br)c1ccc(Cl)nc1. The van der Waals surface area contributed by atoms with Crippen LogP contribution in [0.3, 0.4) is 0 Å². The minimum Gasteiger partial charge on any atom is -0.285 e. The van der Waals surface area contributed by atoms with E-state index in [1.807, 2.05) is 6.07 Å². The standard InChI is InChI=1S/C11H11BrClN3O2/c12-11(8-2-3-10(13)15-6-8)4-1-5-14-9(11)7-16(17)18/h2-3,6H,1,4-5,7H2. The molecule has 0 spiro atoms. The Hall–Kier alpha value is -1.01. The van der Waals surface area contributed by atoms with Gasteiger partial charge in [0.2, 0.25) is 6.54 Å². The van der Waals surface area contributed by atoms with Gasteiger partial charge in [0.05, 0.1) is 4.32 Å². The number of aliphatic imine (C=N–C) groups is 1. The van der Waals surface area contributed by atoms with Crippen LogP contribution < -0.4 is 0 Å². The first-order chi connectivity index (χ1) is 8.52. The maximum Gasteiger partial charge on any atom is 0.243 e. The topological polar surface area (TPSA) is 68.4 Å². The fraction of sp³-hybridized carbons (Fsp3) is 0.455. The minimum absolute atomic E-state index is 0.256. The molecule has 7 heteroatoms. The maximum absolute atomic E-state index is 10.7. The van der Waals surface area contributed by atoms with Crippen LogP contribution >= 0.6 is 27.5 Å². The van der Waals surface area contributed by atoms with Gasteiger partial charge in [-0.2, -0.15) is 0 Å². The highest BCUT2D eigenvalue weighted by Crippen LogP contribution is 2.40. The molecule has 2 rings (SSSR count). The second kappa shape index (κ2) is 5.32. The van der Waals surface area contributed by atoms with Gasteiger partial charge in [-0.25, -0.2) is 4.98 Å². The smallest absolute Gasteiger partial charge is 0.243 e. The molecule has 0 bridgehead atoms. The Labute approximate surface area is 118 Å². The van der Waals surface area contributed by atoms with Crippen LogP contribution in [-0.4, -0.2) is 28.7 Å². The number of aromatic nitrogens is 1. The third-order valence-electron chi connectivity index (χ3n) is 2.90. The van der Waals surface area contributed by atoms with Crippen LogP contribution in [0.4, 0.5) is 0 Å². The van der Waals surface area contributed by atoms with Gasteiger partial charge in [-0.3, -0.25) is 15.1 Å². The van der Waals surface area contributed by atoms with Gasteiger partial charge in [0.1, 0.15) is 10.9 Å². The van der Waals surface area contributed by atoms with Crippen LogP contribution in [0.25, 0.3) is 0 Å². The van der Waals surface area contributed by atoms with Gasteiger partial charge in [0.15, 0.2) is 0 Å². The van der Waals surface area contributed by atoms with Gasteiger partial charge in [-0.1, -0.05) is 33.6 Å². The van der Waals surface area contributed by atoms with E-state index in [0.29, 0.717) is 17.4 Å². The average Bonchev–Trinajstić information content (AvgIpc) is 2.32. The Morgan fingerprint density at radius 2 is 2.33 bits per heavy atom. The van der Waals surface area contributed by atoms with Gasteiger partial charge < -0.3 is 0 Å². The van der Waals surface area contributed by atoms with Gasteiger partial charge in [0, 0.05) is 17.7 Å². The summed E-state index contributed by atoms with van der Waals surface area (Å²) in [7, 11) is 0. The van der Waals surface area contributed by atoms with Crippen molar-refractivity contribution in [3.05, 3.63) is 39.2 Å². The van der Waals surface area contributed by atoms with Crippen molar-refractivity contribution in [1.29, 1.82) is 0 Å². The third-order valence-corrected chi connectivity index (χ3v) is 4.44. The molecular formula is C11H11BrClN3O2. The van der Waals surface area contributed by atoms with E-state index in [-0.39, 0.29) is 11.5 Å².